The first-order valence-electron chi connectivity index (χ1n) is 7.10. The lowest BCUT2D eigenvalue weighted by Crippen LogP contribution is -2.55. The zero-order chi connectivity index (χ0) is 13.8. The van der Waals surface area contributed by atoms with Crippen molar-refractivity contribution < 1.29 is 14.7 Å². The minimum atomic E-state index is -1.00. The van der Waals surface area contributed by atoms with Gasteiger partial charge in [-0.1, -0.05) is 12.8 Å². The first-order valence-corrected chi connectivity index (χ1v) is 7.10. The number of piperazine rings is 1. The van der Waals surface area contributed by atoms with Crippen molar-refractivity contribution in [2.24, 2.45) is 0 Å². The maximum Gasteiger partial charge on any atom is 0.325 e. The van der Waals surface area contributed by atoms with Gasteiger partial charge in [0.15, 0.2) is 0 Å². The molecule has 2 rings (SSSR count). The van der Waals surface area contributed by atoms with Crippen molar-refractivity contribution in [2.45, 2.75) is 44.7 Å². The molecule has 2 aliphatic rings. The van der Waals surface area contributed by atoms with Gasteiger partial charge in [-0.15, -0.1) is 0 Å². The number of hydrogen-bond acceptors (Lipinski definition) is 3. The van der Waals surface area contributed by atoms with E-state index in [0.29, 0.717) is 19.1 Å². The highest BCUT2D eigenvalue weighted by Crippen LogP contribution is 2.24. The number of nitrogens with zero attached hydrogens (tertiary/aromatic N) is 2. The average Bonchev–Trinajstić information content (AvgIpc) is 2.92. The Morgan fingerprint density at radius 3 is 2.26 bits per heavy atom. The minimum Gasteiger partial charge on any atom is -0.480 e. The minimum absolute atomic E-state index is 0.263. The molecule has 0 spiro atoms. The summed E-state index contributed by atoms with van der Waals surface area (Å²) < 4.78 is 0. The van der Waals surface area contributed by atoms with E-state index in [-0.39, 0.29) is 6.03 Å². The number of amides is 2. The molecule has 2 fully saturated rings. The largest absolute Gasteiger partial charge is 0.480 e. The van der Waals surface area contributed by atoms with E-state index in [0.717, 1.165) is 13.1 Å². The van der Waals surface area contributed by atoms with E-state index in [2.05, 4.69) is 10.2 Å². The van der Waals surface area contributed by atoms with Gasteiger partial charge in [-0.2, -0.15) is 0 Å². The predicted octanol–water partition coefficient (Wildman–Crippen LogP) is 0.729. The molecule has 108 valence electrons. The molecule has 1 aliphatic heterocycles. The molecule has 1 atom stereocenters. The predicted molar refractivity (Wildman–Crippen MR) is 71.0 cm³/mol. The van der Waals surface area contributed by atoms with Crippen LogP contribution in [0.5, 0.6) is 0 Å². The highest BCUT2D eigenvalue weighted by Gasteiger charge is 2.28. The third-order valence-electron chi connectivity index (χ3n) is 4.15. The van der Waals surface area contributed by atoms with Crippen LogP contribution in [-0.2, 0) is 4.79 Å². The summed E-state index contributed by atoms with van der Waals surface area (Å²) in [6.07, 6.45) is 5.20. The van der Waals surface area contributed by atoms with Crippen LogP contribution in [0.3, 0.4) is 0 Å². The second-order valence-electron chi connectivity index (χ2n) is 5.47. The van der Waals surface area contributed by atoms with Crippen LogP contribution in [-0.4, -0.2) is 65.2 Å². The van der Waals surface area contributed by atoms with E-state index in [4.69, 9.17) is 5.11 Å². The van der Waals surface area contributed by atoms with Crippen molar-refractivity contribution in [3.05, 3.63) is 0 Å². The number of hydrogen-bond donors (Lipinski definition) is 2. The third kappa shape index (κ3) is 3.59. The Morgan fingerprint density at radius 1 is 1.16 bits per heavy atom. The van der Waals surface area contributed by atoms with E-state index in [1.807, 2.05) is 0 Å². The van der Waals surface area contributed by atoms with Crippen molar-refractivity contribution in [1.82, 2.24) is 15.1 Å². The lowest BCUT2D eigenvalue weighted by Gasteiger charge is -2.38. The van der Waals surface area contributed by atoms with Gasteiger partial charge >= 0.3 is 12.0 Å². The second kappa shape index (κ2) is 6.23. The summed E-state index contributed by atoms with van der Waals surface area (Å²) in [6.45, 7) is 4.66. The van der Waals surface area contributed by atoms with Crippen LogP contribution in [0, 0.1) is 0 Å². The molecule has 2 amide bonds. The van der Waals surface area contributed by atoms with Gasteiger partial charge in [0, 0.05) is 32.2 Å². The van der Waals surface area contributed by atoms with Crippen LogP contribution in [0.25, 0.3) is 0 Å². The molecule has 6 nitrogen and oxygen atoms in total. The first kappa shape index (κ1) is 14.1. The number of rotatable bonds is 3. The zero-order valence-corrected chi connectivity index (χ0v) is 11.5. The van der Waals surface area contributed by atoms with Gasteiger partial charge in [-0.3, -0.25) is 9.69 Å². The average molecular weight is 269 g/mol. The summed E-state index contributed by atoms with van der Waals surface area (Å²) in [6, 6.07) is -0.399. The van der Waals surface area contributed by atoms with E-state index in [1.54, 1.807) is 4.90 Å². The van der Waals surface area contributed by atoms with E-state index < -0.39 is 12.0 Å². The molecule has 1 saturated carbocycles. The molecule has 0 aromatic heterocycles. The summed E-state index contributed by atoms with van der Waals surface area (Å²) >= 11 is 0. The molecule has 19 heavy (non-hydrogen) atoms. The molecule has 0 radical (unpaired) electrons. The van der Waals surface area contributed by atoms with Crippen LogP contribution >= 0.6 is 0 Å². The quantitative estimate of drug-likeness (QED) is 0.792. The van der Waals surface area contributed by atoms with Crippen molar-refractivity contribution in [3.63, 3.8) is 0 Å². The van der Waals surface area contributed by atoms with E-state index >= 15 is 0 Å². The number of carboxylic acids is 1. The van der Waals surface area contributed by atoms with Gasteiger partial charge in [0.1, 0.15) is 6.04 Å². The zero-order valence-electron chi connectivity index (χ0n) is 11.5. The lowest BCUT2D eigenvalue weighted by molar-refractivity contribution is -0.138. The van der Waals surface area contributed by atoms with Gasteiger partial charge in [0.2, 0.25) is 0 Å². The van der Waals surface area contributed by atoms with E-state index in [1.165, 1.54) is 32.6 Å². The third-order valence-corrected chi connectivity index (χ3v) is 4.15. The normalized spacial score (nSPS) is 23.3. The highest BCUT2D eigenvalue weighted by molar-refractivity contribution is 5.82. The number of carbonyl (C=O) groups excluding carboxylic acids is 1. The molecule has 6 heteroatoms. The Labute approximate surface area is 113 Å². The van der Waals surface area contributed by atoms with E-state index in [9.17, 15) is 9.59 Å². The van der Waals surface area contributed by atoms with Crippen LogP contribution in [0.4, 0.5) is 4.79 Å². The summed E-state index contributed by atoms with van der Waals surface area (Å²) in [5, 5.41) is 11.3. The summed E-state index contributed by atoms with van der Waals surface area (Å²) in [5.74, 6) is -1.00. The molecule has 1 saturated heterocycles. The molecule has 0 aromatic rings. The Hall–Kier alpha value is -1.30. The highest BCUT2D eigenvalue weighted by atomic mass is 16.4. The van der Waals surface area contributed by atoms with Crippen LogP contribution < -0.4 is 5.32 Å². The second-order valence-corrected chi connectivity index (χ2v) is 5.47. The standard InChI is InChI=1S/C13H23N3O3/c1-10(12(17)18)14-13(19)16-8-6-15(7-9-16)11-4-2-3-5-11/h10-11H,2-9H2,1H3,(H,14,19)(H,17,18). The maximum absolute atomic E-state index is 11.9. The molecule has 2 N–H and O–H groups in total. The van der Waals surface area contributed by atoms with Crippen LogP contribution in [0.2, 0.25) is 0 Å². The fourth-order valence-corrected chi connectivity index (χ4v) is 2.90. The van der Waals surface area contributed by atoms with Crippen LogP contribution in [0.15, 0.2) is 0 Å². The fourth-order valence-electron chi connectivity index (χ4n) is 2.90. The Morgan fingerprint density at radius 2 is 1.74 bits per heavy atom. The van der Waals surface area contributed by atoms with Gasteiger partial charge in [0.25, 0.3) is 0 Å². The summed E-state index contributed by atoms with van der Waals surface area (Å²) in [5.41, 5.74) is 0. The fraction of sp³-hybridized carbons (Fsp3) is 0.846. The monoisotopic (exact) mass is 269 g/mol. The number of nitrogens with one attached hydrogen (secondary N) is 1. The topological polar surface area (TPSA) is 72.9 Å². The maximum atomic E-state index is 11.9. The SMILES string of the molecule is CC(NC(=O)N1CCN(C2CCCC2)CC1)C(=O)O. The molecule has 0 aromatic carbocycles. The van der Waals surface area contributed by atoms with Crippen LogP contribution in [0.1, 0.15) is 32.6 Å². The van der Waals surface area contributed by atoms with Gasteiger partial charge < -0.3 is 15.3 Å². The molecular formula is C13H23N3O3. The number of carbonyl (C=O) groups is 2. The number of urea groups is 1. The van der Waals surface area contributed by atoms with Gasteiger partial charge in [0.05, 0.1) is 0 Å². The Balaban J connectivity index is 1.76. The Bertz CT molecular complexity index is 334. The lowest BCUT2D eigenvalue weighted by atomic mass is 10.2. The molecule has 1 heterocycles. The summed E-state index contributed by atoms with van der Waals surface area (Å²) in [4.78, 5) is 26.8. The molecule has 1 aliphatic carbocycles. The summed E-state index contributed by atoms with van der Waals surface area (Å²) in [7, 11) is 0. The van der Waals surface area contributed by atoms with Gasteiger partial charge in [-0.05, 0) is 19.8 Å². The molecule has 0 bridgehead atoms. The van der Waals surface area contributed by atoms with Crippen molar-refractivity contribution in [2.75, 3.05) is 26.2 Å². The number of carboxylic acid groups (broad SMARTS) is 1. The smallest absolute Gasteiger partial charge is 0.325 e. The van der Waals surface area contributed by atoms with Crippen molar-refractivity contribution in [3.8, 4) is 0 Å². The Kier molecular flexibility index (Phi) is 4.63. The molecule has 1 unspecified atom stereocenters. The van der Waals surface area contributed by atoms with Crippen molar-refractivity contribution in [1.29, 1.82) is 0 Å². The van der Waals surface area contributed by atoms with Gasteiger partial charge in [-0.25, -0.2) is 4.79 Å². The number of aliphatic carboxylic acids is 1. The molecular weight excluding hydrogens is 246 g/mol. The van der Waals surface area contributed by atoms with Crippen molar-refractivity contribution >= 4 is 12.0 Å². The first-order chi connectivity index (χ1) is 9.08.